The second kappa shape index (κ2) is 11.7. The van der Waals surface area contributed by atoms with Crippen molar-refractivity contribution in [1.82, 2.24) is 19.9 Å². The summed E-state index contributed by atoms with van der Waals surface area (Å²) in [6.45, 7) is 4.49. The number of hydrogen-bond acceptors (Lipinski definition) is 8. The molecule has 2 unspecified atom stereocenters. The highest BCUT2D eigenvalue weighted by atomic mass is 16.5. The summed E-state index contributed by atoms with van der Waals surface area (Å²) in [5, 5.41) is 11.0. The van der Waals surface area contributed by atoms with Gasteiger partial charge in [-0.3, -0.25) is 24.4 Å². The van der Waals surface area contributed by atoms with Crippen molar-refractivity contribution < 1.29 is 24.2 Å². The SMILES string of the molecule is CCC1(C(=O)O)CN(Cc2ncccc2C)CCC12C(=O)N(c1ccc(-c3ccccc3)cc1)C(=O)N2c1cc(OC)ncn1. The van der Waals surface area contributed by atoms with Crippen molar-refractivity contribution in [3.05, 3.63) is 96.6 Å². The van der Waals surface area contributed by atoms with Crippen LogP contribution in [0, 0.1) is 12.3 Å². The van der Waals surface area contributed by atoms with Crippen molar-refractivity contribution in [2.75, 3.05) is 30.0 Å². The zero-order valence-corrected chi connectivity index (χ0v) is 25.4. The summed E-state index contributed by atoms with van der Waals surface area (Å²) in [7, 11) is 1.44. The number of carbonyl (C=O) groups is 3. The van der Waals surface area contributed by atoms with Gasteiger partial charge in [0.1, 0.15) is 23.1 Å². The molecule has 0 radical (unpaired) electrons. The van der Waals surface area contributed by atoms with E-state index in [2.05, 4.69) is 15.0 Å². The minimum atomic E-state index is -1.78. The molecule has 2 aromatic carbocycles. The number of carboxylic acid groups (broad SMARTS) is 1. The van der Waals surface area contributed by atoms with Gasteiger partial charge in [0.2, 0.25) is 5.88 Å². The molecule has 0 bridgehead atoms. The zero-order chi connectivity index (χ0) is 31.8. The van der Waals surface area contributed by atoms with Crippen LogP contribution in [-0.4, -0.2) is 68.6 Å². The fourth-order valence-electron chi connectivity index (χ4n) is 6.77. The predicted octanol–water partition coefficient (Wildman–Crippen LogP) is 4.95. The van der Waals surface area contributed by atoms with Crippen molar-refractivity contribution in [1.29, 1.82) is 0 Å². The first kappa shape index (κ1) is 29.9. The molecular weight excluding hydrogens is 572 g/mol. The summed E-state index contributed by atoms with van der Waals surface area (Å²) >= 11 is 0. The molecule has 2 aliphatic rings. The average molecular weight is 607 g/mol. The number of amides is 3. The van der Waals surface area contributed by atoms with Gasteiger partial charge in [-0.05, 0) is 54.7 Å². The number of piperidine rings is 1. The molecule has 2 fully saturated rings. The zero-order valence-electron chi connectivity index (χ0n) is 25.4. The molecule has 2 saturated heterocycles. The number of pyridine rings is 1. The number of carboxylic acids is 1. The van der Waals surface area contributed by atoms with Gasteiger partial charge in [-0.1, -0.05) is 55.5 Å². The number of anilines is 2. The van der Waals surface area contributed by atoms with Crippen molar-refractivity contribution in [3.8, 4) is 17.0 Å². The Morgan fingerprint density at radius 2 is 1.71 bits per heavy atom. The fourth-order valence-corrected chi connectivity index (χ4v) is 6.77. The molecule has 3 amide bonds. The molecular formula is C34H34N6O5. The highest BCUT2D eigenvalue weighted by Crippen LogP contribution is 2.53. The van der Waals surface area contributed by atoms with Gasteiger partial charge in [0, 0.05) is 31.9 Å². The highest BCUT2D eigenvalue weighted by Gasteiger charge is 2.72. The number of imide groups is 1. The predicted molar refractivity (Wildman–Crippen MR) is 168 cm³/mol. The Morgan fingerprint density at radius 3 is 2.38 bits per heavy atom. The van der Waals surface area contributed by atoms with E-state index in [0.717, 1.165) is 27.3 Å². The van der Waals surface area contributed by atoms with E-state index in [0.29, 0.717) is 18.8 Å². The second-order valence-corrected chi connectivity index (χ2v) is 11.4. The molecule has 1 spiro atoms. The molecule has 6 rings (SSSR count). The lowest BCUT2D eigenvalue weighted by Crippen LogP contribution is -2.71. The van der Waals surface area contributed by atoms with Crippen LogP contribution in [0.25, 0.3) is 11.1 Å². The van der Waals surface area contributed by atoms with Gasteiger partial charge in [0.15, 0.2) is 0 Å². The van der Waals surface area contributed by atoms with Crippen LogP contribution in [0.3, 0.4) is 0 Å². The normalized spacial score (nSPS) is 21.8. The molecule has 2 aliphatic heterocycles. The monoisotopic (exact) mass is 606 g/mol. The number of hydrogen-bond donors (Lipinski definition) is 1. The van der Waals surface area contributed by atoms with Gasteiger partial charge in [0.25, 0.3) is 5.91 Å². The van der Waals surface area contributed by atoms with Crippen LogP contribution in [-0.2, 0) is 16.1 Å². The minimum absolute atomic E-state index is 0.0212. The topological polar surface area (TPSA) is 129 Å². The van der Waals surface area contributed by atoms with E-state index in [9.17, 15) is 19.5 Å². The van der Waals surface area contributed by atoms with E-state index in [1.165, 1.54) is 24.4 Å². The number of nitrogens with zero attached hydrogens (tertiary/aromatic N) is 6. The van der Waals surface area contributed by atoms with Crippen LogP contribution in [0.2, 0.25) is 0 Å². The average Bonchev–Trinajstić information content (AvgIpc) is 3.29. The molecule has 0 aliphatic carbocycles. The van der Waals surface area contributed by atoms with E-state index < -0.39 is 28.9 Å². The van der Waals surface area contributed by atoms with E-state index in [-0.39, 0.29) is 31.1 Å². The molecule has 2 aromatic heterocycles. The fraction of sp³-hybridized carbons (Fsp3) is 0.294. The number of aryl methyl sites for hydroxylation is 1. The first-order valence-electron chi connectivity index (χ1n) is 14.8. The standard InChI is InChI=1S/C34H34N6O5/c1-4-33(31(42)43)21-38(20-27-23(2)9-8-17-35-27)18-16-34(33)30(41)39(32(44)40(34)28-19-29(45-3)37-22-36-28)26-14-12-25(13-15-26)24-10-6-5-7-11-24/h5-15,17,19,22H,4,16,18,20-21H2,1-3H3,(H,42,43). The van der Waals surface area contributed by atoms with E-state index in [4.69, 9.17) is 4.74 Å². The Morgan fingerprint density at radius 1 is 0.978 bits per heavy atom. The number of rotatable bonds is 8. The largest absolute Gasteiger partial charge is 0.481 e. The molecule has 0 saturated carbocycles. The maximum atomic E-state index is 14.9. The summed E-state index contributed by atoms with van der Waals surface area (Å²) in [5.41, 5.74) is 0.597. The van der Waals surface area contributed by atoms with Crippen LogP contribution in [0.5, 0.6) is 5.88 Å². The summed E-state index contributed by atoms with van der Waals surface area (Å²) in [6.07, 6.45) is 3.10. The van der Waals surface area contributed by atoms with Crippen LogP contribution in [0.15, 0.2) is 85.3 Å². The highest BCUT2D eigenvalue weighted by molar-refractivity contribution is 6.31. The third-order valence-corrected chi connectivity index (χ3v) is 9.20. The van der Waals surface area contributed by atoms with Gasteiger partial charge in [-0.15, -0.1) is 0 Å². The Bertz CT molecular complexity index is 1750. The molecule has 4 aromatic rings. The van der Waals surface area contributed by atoms with Gasteiger partial charge in [-0.2, -0.15) is 0 Å². The van der Waals surface area contributed by atoms with Gasteiger partial charge >= 0.3 is 12.0 Å². The van der Waals surface area contributed by atoms with Gasteiger partial charge < -0.3 is 9.84 Å². The van der Waals surface area contributed by atoms with E-state index in [1.807, 2.05) is 66.4 Å². The Balaban J connectivity index is 1.47. The van der Waals surface area contributed by atoms with Crippen molar-refractivity contribution >= 4 is 29.4 Å². The summed E-state index contributed by atoms with van der Waals surface area (Å²) in [5.74, 6) is -1.49. The number of methoxy groups -OCH3 is 1. The van der Waals surface area contributed by atoms with Crippen molar-refractivity contribution in [3.63, 3.8) is 0 Å². The van der Waals surface area contributed by atoms with Crippen LogP contribution < -0.4 is 14.5 Å². The lowest BCUT2D eigenvalue weighted by molar-refractivity contribution is -0.163. The second-order valence-electron chi connectivity index (χ2n) is 11.4. The lowest BCUT2D eigenvalue weighted by atomic mass is 9.62. The van der Waals surface area contributed by atoms with Crippen LogP contribution in [0.4, 0.5) is 16.3 Å². The number of carbonyl (C=O) groups excluding carboxylic acids is 2. The maximum absolute atomic E-state index is 14.9. The Labute approximate surface area is 261 Å². The number of likely N-dealkylation sites (tertiary alicyclic amines) is 1. The number of aromatic nitrogens is 3. The van der Waals surface area contributed by atoms with Gasteiger partial charge in [-0.25, -0.2) is 19.7 Å². The molecule has 4 heterocycles. The minimum Gasteiger partial charge on any atom is -0.481 e. The first-order chi connectivity index (χ1) is 21.8. The van der Waals surface area contributed by atoms with Crippen LogP contribution in [0.1, 0.15) is 31.0 Å². The third kappa shape index (κ3) is 4.80. The summed E-state index contributed by atoms with van der Waals surface area (Å²) in [6, 6.07) is 21.5. The quantitative estimate of drug-likeness (QED) is 0.277. The molecule has 1 N–H and O–H groups in total. The molecule has 230 valence electrons. The molecule has 45 heavy (non-hydrogen) atoms. The number of aliphatic carboxylic acids is 1. The third-order valence-electron chi connectivity index (χ3n) is 9.20. The van der Waals surface area contributed by atoms with E-state index >= 15 is 0 Å². The number of urea groups is 1. The smallest absolute Gasteiger partial charge is 0.338 e. The molecule has 11 nitrogen and oxygen atoms in total. The molecule has 11 heteroatoms. The first-order valence-corrected chi connectivity index (χ1v) is 14.8. The number of benzene rings is 2. The van der Waals surface area contributed by atoms with Crippen molar-refractivity contribution in [2.24, 2.45) is 5.41 Å². The van der Waals surface area contributed by atoms with Gasteiger partial charge in [0.05, 0.1) is 18.5 Å². The van der Waals surface area contributed by atoms with E-state index in [1.54, 1.807) is 25.3 Å². The summed E-state index contributed by atoms with van der Waals surface area (Å²) in [4.78, 5) is 60.2. The maximum Gasteiger partial charge on any atom is 0.338 e. The summed E-state index contributed by atoms with van der Waals surface area (Å²) < 4.78 is 5.32. The van der Waals surface area contributed by atoms with Crippen molar-refractivity contribution in [2.45, 2.75) is 38.8 Å². The van der Waals surface area contributed by atoms with Crippen LogP contribution >= 0.6 is 0 Å². The lowest BCUT2D eigenvalue weighted by Gasteiger charge is -2.53. The number of ether oxygens (including phenoxy) is 1. The Hall–Kier alpha value is -5.16. The Kier molecular flexibility index (Phi) is 7.80. The molecule has 2 atom stereocenters.